The van der Waals surface area contributed by atoms with Crippen LogP contribution in [0, 0.1) is 0 Å². The fourth-order valence-corrected chi connectivity index (χ4v) is 1.70. The molecule has 2 amide bonds. The Kier molecular flexibility index (Phi) is 8.79. The van der Waals surface area contributed by atoms with E-state index in [0.717, 1.165) is 0 Å². The first-order chi connectivity index (χ1) is 11.0. The number of ether oxygens (including phenoxy) is 1. The average Bonchev–Trinajstić information content (AvgIpc) is 2.52. The maximum Gasteiger partial charge on any atom is 0.319 e. The van der Waals surface area contributed by atoms with E-state index in [0.29, 0.717) is 30.6 Å². The molecule has 1 unspecified atom stereocenters. The number of benzene rings is 1. The highest BCUT2D eigenvalue weighted by Gasteiger charge is 2.06. The second kappa shape index (κ2) is 10.6. The minimum atomic E-state index is -0.562. The third-order valence-corrected chi connectivity index (χ3v) is 2.93. The third kappa shape index (κ3) is 8.85. The first-order valence-electron chi connectivity index (χ1n) is 7.81. The smallest absolute Gasteiger partial charge is 0.319 e. The SMILES string of the molecule is CC=CCNC(=O)Nc1ccc(OCC(O)CNC(C)C)cc1. The van der Waals surface area contributed by atoms with Gasteiger partial charge in [0.25, 0.3) is 0 Å². The fourth-order valence-electron chi connectivity index (χ4n) is 1.70. The summed E-state index contributed by atoms with van der Waals surface area (Å²) in [6.07, 6.45) is 3.17. The van der Waals surface area contributed by atoms with Crippen molar-refractivity contribution in [3.05, 3.63) is 36.4 Å². The normalized spacial score (nSPS) is 12.4. The van der Waals surface area contributed by atoms with Gasteiger partial charge in [-0.15, -0.1) is 0 Å². The zero-order valence-electron chi connectivity index (χ0n) is 14.0. The van der Waals surface area contributed by atoms with Gasteiger partial charge in [0, 0.05) is 24.8 Å². The number of allylic oxidation sites excluding steroid dienone is 1. The van der Waals surface area contributed by atoms with Crippen molar-refractivity contribution in [2.45, 2.75) is 32.9 Å². The predicted octanol–water partition coefficient (Wildman–Crippen LogP) is 2.12. The molecule has 4 N–H and O–H groups in total. The van der Waals surface area contributed by atoms with E-state index < -0.39 is 6.10 Å². The first-order valence-corrected chi connectivity index (χ1v) is 7.81. The number of rotatable bonds is 9. The Morgan fingerprint density at radius 2 is 2.00 bits per heavy atom. The topological polar surface area (TPSA) is 82.6 Å². The minimum Gasteiger partial charge on any atom is -0.491 e. The lowest BCUT2D eigenvalue weighted by atomic mass is 10.3. The van der Waals surface area contributed by atoms with Gasteiger partial charge in [-0.25, -0.2) is 4.79 Å². The van der Waals surface area contributed by atoms with Crippen molar-refractivity contribution in [1.29, 1.82) is 0 Å². The Balaban J connectivity index is 2.34. The molecule has 0 aliphatic rings. The average molecular weight is 321 g/mol. The lowest BCUT2D eigenvalue weighted by Crippen LogP contribution is -2.35. The minimum absolute atomic E-state index is 0.219. The molecule has 0 fully saturated rings. The number of hydrogen-bond acceptors (Lipinski definition) is 4. The molecule has 1 aromatic carbocycles. The Bertz CT molecular complexity index is 486. The van der Waals surface area contributed by atoms with Crippen LogP contribution in [0.2, 0.25) is 0 Å². The fraction of sp³-hybridized carbons (Fsp3) is 0.471. The van der Waals surface area contributed by atoms with E-state index in [1.165, 1.54) is 0 Å². The van der Waals surface area contributed by atoms with Gasteiger partial charge in [-0.2, -0.15) is 0 Å². The van der Waals surface area contributed by atoms with Gasteiger partial charge in [-0.3, -0.25) is 0 Å². The van der Waals surface area contributed by atoms with Crippen LogP contribution in [-0.4, -0.2) is 43.0 Å². The van der Waals surface area contributed by atoms with Gasteiger partial charge in [-0.05, 0) is 31.2 Å². The van der Waals surface area contributed by atoms with Crippen LogP contribution in [0.4, 0.5) is 10.5 Å². The van der Waals surface area contributed by atoms with Crippen LogP contribution in [-0.2, 0) is 0 Å². The van der Waals surface area contributed by atoms with Crippen LogP contribution in [0.15, 0.2) is 36.4 Å². The van der Waals surface area contributed by atoms with Crippen molar-refractivity contribution >= 4 is 11.7 Å². The van der Waals surface area contributed by atoms with E-state index in [-0.39, 0.29) is 12.6 Å². The summed E-state index contributed by atoms with van der Waals surface area (Å²) in [5, 5.41) is 18.3. The standard InChI is InChI=1S/C17H27N3O3/c1-4-5-10-18-17(22)20-14-6-8-16(9-7-14)23-12-15(21)11-19-13(2)3/h4-9,13,15,19,21H,10-12H2,1-3H3,(H2,18,20,22). The number of carbonyl (C=O) groups excluding carboxylic acids is 1. The van der Waals surface area contributed by atoms with Crippen molar-refractivity contribution in [3.8, 4) is 5.75 Å². The van der Waals surface area contributed by atoms with Crippen LogP contribution in [0.25, 0.3) is 0 Å². The van der Waals surface area contributed by atoms with Gasteiger partial charge in [0.2, 0.25) is 0 Å². The highest BCUT2D eigenvalue weighted by molar-refractivity contribution is 5.89. The Hall–Kier alpha value is -2.05. The number of aliphatic hydroxyl groups excluding tert-OH is 1. The van der Waals surface area contributed by atoms with E-state index in [1.807, 2.05) is 32.9 Å². The summed E-state index contributed by atoms with van der Waals surface area (Å²) in [6.45, 7) is 7.14. The zero-order chi connectivity index (χ0) is 17.1. The highest BCUT2D eigenvalue weighted by atomic mass is 16.5. The third-order valence-electron chi connectivity index (χ3n) is 2.93. The molecule has 0 aliphatic heterocycles. The molecule has 23 heavy (non-hydrogen) atoms. The molecule has 0 heterocycles. The molecule has 1 rings (SSSR count). The molecule has 0 aliphatic carbocycles. The number of anilines is 1. The quantitative estimate of drug-likeness (QED) is 0.525. The summed E-state index contributed by atoms with van der Waals surface area (Å²) in [6, 6.07) is 7.09. The van der Waals surface area contributed by atoms with Crippen LogP contribution >= 0.6 is 0 Å². The lowest BCUT2D eigenvalue weighted by Gasteiger charge is -2.15. The molecule has 0 radical (unpaired) electrons. The van der Waals surface area contributed by atoms with E-state index in [4.69, 9.17) is 4.74 Å². The summed E-state index contributed by atoms with van der Waals surface area (Å²) >= 11 is 0. The van der Waals surface area contributed by atoms with Crippen molar-refractivity contribution in [2.75, 3.05) is 25.0 Å². The molecule has 1 aromatic rings. The van der Waals surface area contributed by atoms with Gasteiger partial charge in [-0.1, -0.05) is 26.0 Å². The number of hydrogen-bond donors (Lipinski definition) is 4. The Morgan fingerprint density at radius 3 is 2.61 bits per heavy atom. The van der Waals surface area contributed by atoms with Gasteiger partial charge in [0.1, 0.15) is 18.5 Å². The molecule has 0 saturated heterocycles. The summed E-state index contributed by atoms with van der Waals surface area (Å²) in [5.74, 6) is 0.647. The molecule has 0 bridgehead atoms. The Morgan fingerprint density at radius 1 is 1.30 bits per heavy atom. The molecular formula is C17H27N3O3. The number of amides is 2. The lowest BCUT2D eigenvalue weighted by molar-refractivity contribution is 0.104. The summed E-state index contributed by atoms with van der Waals surface area (Å²) in [7, 11) is 0. The van der Waals surface area contributed by atoms with Gasteiger partial charge < -0.3 is 25.8 Å². The molecule has 0 spiro atoms. The Labute approximate surface area is 137 Å². The van der Waals surface area contributed by atoms with Gasteiger partial charge in [0.15, 0.2) is 0 Å². The molecule has 1 atom stereocenters. The molecule has 0 aromatic heterocycles. The molecular weight excluding hydrogens is 294 g/mol. The number of nitrogens with one attached hydrogen (secondary N) is 3. The first kappa shape index (κ1) is 19.0. The molecule has 6 nitrogen and oxygen atoms in total. The molecule has 6 heteroatoms. The predicted molar refractivity (Wildman–Crippen MR) is 92.9 cm³/mol. The van der Waals surface area contributed by atoms with E-state index in [2.05, 4.69) is 16.0 Å². The largest absolute Gasteiger partial charge is 0.491 e. The van der Waals surface area contributed by atoms with E-state index >= 15 is 0 Å². The number of aliphatic hydroxyl groups is 1. The van der Waals surface area contributed by atoms with Crippen molar-refractivity contribution < 1.29 is 14.6 Å². The second-order valence-electron chi connectivity index (χ2n) is 5.46. The van der Waals surface area contributed by atoms with Gasteiger partial charge in [0.05, 0.1) is 0 Å². The number of urea groups is 1. The zero-order valence-corrected chi connectivity index (χ0v) is 14.0. The van der Waals surface area contributed by atoms with Crippen LogP contribution in [0.1, 0.15) is 20.8 Å². The van der Waals surface area contributed by atoms with Crippen molar-refractivity contribution in [1.82, 2.24) is 10.6 Å². The summed E-state index contributed by atoms with van der Waals surface area (Å²) in [4.78, 5) is 11.6. The maximum absolute atomic E-state index is 11.6. The van der Waals surface area contributed by atoms with Crippen LogP contribution < -0.4 is 20.7 Å². The van der Waals surface area contributed by atoms with Gasteiger partial charge >= 0.3 is 6.03 Å². The second-order valence-corrected chi connectivity index (χ2v) is 5.46. The monoisotopic (exact) mass is 321 g/mol. The van der Waals surface area contributed by atoms with Crippen molar-refractivity contribution in [3.63, 3.8) is 0 Å². The highest BCUT2D eigenvalue weighted by Crippen LogP contribution is 2.15. The maximum atomic E-state index is 11.6. The molecule has 128 valence electrons. The summed E-state index contributed by atoms with van der Waals surface area (Å²) < 4.78 is 5.51. The van der Waals surface area contributed by atoms with Crippen LogP contribution in [0.3, 0.4) is 0 Å². The van der Waals surface area contributed by atoms with E-state index in [1.54, 1.807) is 24.3 Å². The number of carbonyl (C=O) groups is 1. The summed E-state index contributed by atoms with van der Waals surface area (Å²) in [5.41, 5.74) is 0.678. The molecule has 0 saturated carbocycles. The van der Waals surface area contributed by atoms with Crippen LogP contribution in [0.5, 0.6) is 5.75 Å². The van der Waals surface area contributed by atoms with Crippen molar-refractivity contribution in [2.24, 2.45) is 0 Å². The van der Waals surface area contributed by atoms with E-state index in [9.17, 15) is 9.90 Å².